The lowest BCUT2D eigenvalue weighted by molar-refractivity contribution is 0.0606. The molecule has 0 fully saturated rings. The van der Waals surface area contributed by atoms with E-state index < -0.39 is 10.0 Å². The molecule has 29 heavy (non-hydrogen) atoms. The predicted molar refractivity (Wildman–Crippen MR) is 108 cm³/mol. The average molecular weight is 442 g/mol. The highest BCUT2D eigenvalue weighted by Crippen LogP contribution is 2.35. The van der Waals surface area contributed by atoms with Gasteiger partial charge >= 0.3 is 5.97 Å². The molecule has 0 unspecified atom stereocenters. The van der Waals surface area contributed by atoms with E-state index in [1.807, 2.05) is 6.07 Å². The van der Waals surface area contributed by atoms with Crippen LogP contribution in [0.3, 0.4) is 0 Å². The van der Waals surface area contributed by atoms with Crippen LogP contribution in [0.25, 0.3) is 0 Å². The minimum Gasteiger partial charge on any atom is -0.492 e. The van der Waals surface area contributed by atoms with Gasteiger partial charge in [0.05, 0.1) is 13.4 Å². The summed E-state index contributed by atoms with van der Waals surface area (Å²) in [7, 11) is -2.01. The topological polar surface area (TPSA) is 91.4 Å². The molecular formula is C19H23NO7S2. The smallest absolute Gasteiger partial charge is 0.348 e. The van der Waals surface area contributed by atoms with E-state index in [0.717, 1.165) is 4.88 Å². The van der Waals surface area contributed by atoms with Gasteiger partial charge in [0.2, 0.25) is 16.8 Å². The van der Waals surface area contributed by atoms with E-state index in [1.54, 1.807) is 24.3 Å². The largest absolute Gasteiger partial charge is 0.492 e. The van der Waals surface area contributed by atoms with Crippen LogP contribution < -0.4 is 14.2 Å². The van der Waals surface area contributed by atoms with Gasteiger partial charge in [0.15, 0.2) is 11.5 Å². The number of sulfonamides is 1. The van der Waals surface area contributed by atoms with Crippen LogP contribution in [0.1, 0.15) is 21.0 Å². The van der Waals surface area contributed by atoms with Crippen molar-refractivity contribution in [2.45, 2.75) is 12.8 Å². The zero-order valence-electron chi connectivity index (χ0n) is 16.3. The molecule has 1 aliphatic rings. The molecule has 158 valence electrons. The molecule has 0 amide bonds. The summed E-state index contributed by atoms with van der Waals surface area (Å²) in [6.45, 7) is 1.02. The molecule has 0 saturated heterocycles. The first-order valence-corrected chi connectivity index (χ1v) is 11.7. The van der Waals surface area contributed by atoms with Crippen LogP contribution in [0.15, 0.2) is 30.3 Å². The monoisotopic (exact) mass is 441 g/mol. The fourth-order valence-corrected chi connectivity index (χ4v) is 4.66. The Hall–Kier alpha value is -2.30. The van der Waals surface area contributed by atoms with Crippen molar-refractivity contribution in [3.63, 3.8) is 0 Å². The standard InChI is InChI=1S/C19H23NO7S2/c1-24-19(21)18-8-6-15(28-18)4-3-9-20(29(2,22)23)10-11-25-14-5-7-16-17(12-14)27-13-26-16/h5-8,12H,3-4,9-11,13H2,1-2H3. The zero-order chi connectivity index (χ0) is 20.9. The Morgan fingerprint density at radius 2 is 1.97 bits per heavy atom. The lowest BCUT2D eigenvalue weighted by Crippen LogP contribution is -2.34. The fourth-order valence-electron chi connectivity index (χ4n) is 2.83. The van der Waals surface area contributed by atoms with Crippen molar-refractivity contribution < 1.29 is 32.2 Å². The number of esters is 1. The number of hydrogen-bond donors (Lipinski definition) is 0. The first-order chi connectivity index (χ1) is 13.9. The Bertz CT molecular complexity index is 955. The van der Waals surface area contributed by atoms with Gasteiger partial charge in [0.25, 0.3) is 0 Å². The number of rotatable bonds is 10. The van der Waals surface area contributed by atoms with Crippen molar-refractivity contribution in [1.29, 1.82) is 0 Å². The number of nitrogens with zero attached hydrogens (tertiary/aromatic N) is 1. The van der Waals surface area contributed by atoms with Crippen molar-refractivity contribution in [2.75, 3.05) is 39.9 Å². The molecule has 0 atom stereocenters. The zero-order valence-corrected chi connectivity index (χ0v) is 17.9. The van der Waals surface area contributed by atoms with Crippen molar-refractivity contribution in [2.24, 2.45) is 0 Å². The van der Waals surface area contributed by atoms with Gasteiger partial charge in [-0.15, -0.1) is 11.3 Å². The minimum atomic E-state index is -3.36. The van der Waals surface area contributed by atoms with Crippen LogP contribution in [0.2, 0.25) is 0 Å². The molecule has 1 aromatic carbocycles. The second-order valence-corrected chi connectivity index (χ2v) is 9.54. The van der Waals surface area contributed by atoms with Crippen LogP contribution in [-0.2, 0) is 21.2 Å². The van der Waals surface area contributed by atoms with E-state index in [2.05, 4.69) is 0 Å². The van der Waals surface area contributed by atoms with E-state index >= 15 is 0 Å². The number of methoxy groups -OCH3 is 1. The molecule has 0 N–H and O–H groups in total. The first-order valence-electron chi connectivity index (χ1n) is 9.01. The van der Waals surface area contributed by atoms with Gasteiger partial charge in [-0.2, -0.15) is 4.31 Å². The normalized spacial score (nSPS) is 12.9. The highest BCUT2D eigenvalue weighted by atomic mass is 32.2. The van der Waals surface area contributed by atoms with E-state index in [4.69, 9.17) is 18.9 Å². The van der Waals surface area contributed by atoms with Gasteiger partial charge in [0.1, 0.15) is 17.2 Å². The number of benzene rings is 1. The maximum atomic E-state index is 12.1. The van der Waals surface area contributed by atoms with Crippen molar-refractivity contribution in [1.82, 2.24) is 4.31 Å². The summed E-state index contributed by atoms with van der Waals surface area (Å²) < 4.78 is 46.5. The molecule has 0 aliphatic carbocycles. The van der Waals surface area contributed by atoms with E-state index in [1.165, 1.54) is 29.0 Å². The SMILES string of the molecule is COC(=O)c1ccc(CCCN(CCOc2ccc3c(c2)OCO3)S(C)(=O)=O)s1. The molecule has 0 radical (unpaired) electrons. The second kappa shape index (κ2) is 9.47. The number of fused-ring (bicyclic) bond motifs is 1. The number of carbonyl (C=O) groups is 1. The molecule has 1 aromatic heterocycles. The van der Waals surface area contributed by atoms with Crippen LogP contribution >= 0.6 is 11.3 Å². The highest BCUT2D eigenvalue weighted by Gasteiger charge is 2.18. The molecule has 2 heterocycles. The second-order valence-electron chi connectivity index (χ2n) is 6.39. The summed E-state index contributed by atoms with van der Waals surface area (Å²) in [6, 6.07) is 8.83. The van der Waals surface area contributed by atoms with E-state index in [9.17, 15) is 13.2 Å². The van der Waals surface area contributed by atoms with Crippen LogP contribution in [0.4, 0.5) is 0 Å². The Balaban J connectivity index is 1.48. The first kappa shape index (κ1) is 21.4. The molecule has 8 nitrogen and oxygen atoms in total. The summed E-state index contributed by atoms with van der Waals surface area (Å²) in [5.74, 6) is 1.51. The van der Waals surface area contributed by atoms with Crippen LogP contribution in [0.5, 0.6) is 17.2 Å². The number of thiophene rings is 1. The number of hydrogen-bond acceptors (Lipinski definition) is 8. The number of ether oxygens (including phenoxy) is 4. The third kappa shape index (κ3) is 5.84. The molecule has 0 saturated carbocycles. The van der Waals surface area contributed by atoms with E-state index in [0.29, 0.717) is 41.5 Å². The average Bonchev–Trinajstić information content (AvgIpc) is 3.34. The maximum absolute atomic E-state index is 12.1. The van der Waals surface area contributed by atoms with E-state index in [-0.39, 0.29) is 25.9 Å². The van der Waals surface area contributed by atoms with Crippen molar-refractivity contribution in [3.8, 4) is 17.2 Å². The molecule has 10 heteroatoms. The Kier molecular flexibility index (Phi) is 6.99. The maximum Gasteiger partial charge on any atom is 0.348 e. The predicted octanol–water partition coefficient (Wildman–Crippen LogP) is 2.54. The summed E-state index contributed by atoms with van der Waals surface area (Å²) in [4.78, 5) is 13.1. The van der Waals surface area contributed by atoms with Crippen molar-refractivity contribution >= 4 is 27.3 Å². The molecule has 3 rings (SSSR count). The van der Waals surface area contributed by atoms with Crippen LogP contribution in [-0.4, -0.2) is 58.5 Å². The summed E-state index contributed by atoms with van der Waals surface area (Å²) >= 11 is 1.36. The van der Waals surface area contributed by atoms with Gasteiger partial charge in [-0.3, -0.25) is 0 Å². The summed E-state index contributed by atoms with van der Waals surface area (Å²) in [5, 5.41) is 0. The molecule has 1 aliphatic heterocycles. The van der Waals surface area contributed by atoms with Crippen LogP contribution in [0, 0.1) is 0 Å². The summed E-state index contributed by atoms with van der Waals surface area (Å²) in [5.41, 5.74) is 0. The Morgan fingerprint density at radius 1 is 1.17 bits per heavy atom. The lowest BCUT2D eigenvalue weighted by atomic mass is 10.2. The minimum absolute atomic E-state index is 0.187. The number of aryl methyl sites for hydroxylation is 1. The van der Waals surface area contributed by atoms with Gasteiger partial charge in [-0.1, -0.05) is 0 Å². The highest BCUT2D eigenvalue weighted by molar-refractivity contribution is 7.88. The quantitative estimate of drug-likeness (QED) is 0.523. The molecular weight excluding hydrogens is 418 g/mol. The van der Waals surface area contributed by atoms with Gasteiger partial charge < -0.3 is 18.9 Å². The number of carbonyl (C=O) groups excluding carboxylic acids is 1. The Morgan fingerprint density at radius 3 is 2.72 bits per heavy atom. The fraction of sp³-hybridized carbons (Fsp3) is 0.421. The molecule has 2 aromatic rings. The van der Waals surface area contributed by atoms with Gasteiger partial charge in [-0.05, 0) is 37.1 Å². The van der Waals surface area contributed by atoms with Gasteiger partial charge in [0, 0.05) is 24.0 Å². The third-order valence-corrected chi connectivity index (χ3v) is 6.73. The molecule has 0 bridgehead atoms. The molecule has 0 spiro atoms. The van der Waals surface area contributed by atoms with Crippen molar-refractivity contribution in [3.05, 3.63) is 40.1 Å². The third-order valence-electron chi connectivity index (χ3n) is 4.30. The Labute approximate surface area is 174 Å². The van der Waals surface area contributed by atoms with Gasteiger partial charge in [-0.25, -0.2) is 13.2 Å². The lowest BCUT2D eigenvalue weighted by Gasteiger charge is -2.20. The summed E-state index contributed by atoms with van der Waals surface area (Å²) in [6.07, 6.45) is 2.50.